The first kappa shape index (κ1) is 15.7. The number of amides is 2. The number of urea groups is 1. The van der Waals surface area contributed by atoms with E-state index in [1.165, 1.54) is 4.31 Å². The first-order valence-electron chi connectivity index (χ1n) is 6.00. The van der Waals surface area contributed by atoms with Gasteiger partial charge in [0, 0.05) is 30.6 Å². The van der Waals surface area contributed by atoms with Crippen LogP contribution in [0.25, 0.3) is 0 Å². The number of aliphatic hydroxyl groups is 1. The lowest BCUT2D eigenvalue weighted by Crippen LogP contribution is -2.49. The van der Waals surface area contributed by atoms with Gasteiger partial charge in [-0.3, -0.25) is 14.3 Å². The minimum absolute atomic E-state index is 0.173. The molecule has 0 unspecified atom stereocenters. The standard InChI is InChI=1S/C12H20N4O2S/c1-12(2,3)16(19)11(18)15-10(8-17)6-9-7-13-4-5-14-9/h4-5,7,10,17,19H,6,8H2,1-3H3,(H,15,18)/t10-/m1/s1. The summed E-state index contributed by atoms with van der Waals surface area (Å²) in [6, 6.07) is -0.764. The molecule has 2 N–H and O–H groups in total. The molecule has 6 nitrogen and oxygen atoms in total. The number of aromatic nitrogens is 2. The maximum Gasteiger partial charge on any atom is 0.328 e. The average molecular weight is 284 g/mol. The molecule has 1 heterocycles. The Labute approximate surface area is 118 Å². The van der Waals surface area contributed by atoms with Crippen LogP contribution in [0, 0.1) is 0 Å². The predicted molar refractivity (Wildman–Crippen MR) is 75.7 cm³/mol. The molecule has 1 atom stereocenters. The number of hydrogen-bond donors (Lipinski definition) is 3. The molecule has 2 amide bonds. The van der Waals surface area contributed by atoms with Gasteiger partial charge in [0.2, 0.25) is 0 Å². The molecular formula is C12H20N4O2S. The van der Waals surface area contributed by atoms with E-state index < -0.39 is 11.6 Å². The SMILES string of the molecule is CC(C)(C)N(S)C(=O)N[C@@H](CO)Cc1cnccn1. The number of carbonyl (C=O) groups excluding carboxylic acids is 1. The van der Waals surface area contributed by atoms with Gasteiger partial charge >= 0.3 is 6.03 Å². The van der Waals surface area contributed by atoms with E-state index in [-0.39, 0.29) is 12.6 Å². The molecule has 0 fully saturated rings. The maximum absolute atomic E-state index is 11.9. The zero-order chi connectivity index (χ0) is 14.5. The van der Waals surface area contributed by atoms with Gasteiger partial charge in [-0.1, -0.05) is 12.8 Å². The van der Waals surface area contributed by atoms with Gasteiger partial charge in [0.15, 0.2) is 0 Å². The molecule has 0 aliphatic heterocycles. The van der Waals surface area contributed by atoms with Crippen LogP contribution >= 0.6 is 12.8 Å². The highest BCUT2D eigenvalue weighted by Gasteiger charge is 2.25. The lowest BCUT2D eigenvalue weighted by Gasteiger charge is -2.31. The maximum atomic E-state index is 11.9. The number of rotatable bonds is 4. The predicted octanol–water partition coefficient (Wildman–Crippen LogP) is 1.03. The first-order valence-corrected chi connectivity index (χ1v) is 6.40. The Morgan fingerprint density at radius 1 is 1.53 bits per heavy atom. The van der Waals surface area contributed by atoms with Crippen molar-refractivity contribution in [1.29, 1.82) is 0 Å². The second-order valence-electron chi connectivity index (χ2n) is 5.21. The molecule has 0 aliphatic carbocycles. The van der Waals surface area contributed by atoms with Crippen molar-refractivity contribution in [3.63, 3.8) is 0 Å². The number of nitrogens with one attached hydrogen (secondary N) is 1. The third kappa shape index (κ3) is 5.04. The highest BCUT2D eigenvalue weighted by Crippen LogP contribution is 2.15. The van der Waals surface area contributed by atoms with Crippen LogP contribution in [-0.4, -0.2) is 43.6 Å². The van der Waals surface area contributed by atoms with Crippen LogP contribution in [-0.2, 0) is 6.42 Å². The number of thiol groups is 1. The van der Waals surface area contributed by atoms with E-state index in [0.717, 1.165) is 0 Å². The Kier molecular flexibility index (Phi) is 5.56. The van der Waals surface area contributed by atoms with Gasteiger partial charge in [0.25, 0.3) is 0 Å². The number of nitrogens with zero attached hydrogens (tertiary/aromatic N) is 3. The molecule has 0 saturated heterocycles. The van der Waals surface area contributed by atoms with E-state index in [4.69, 9.17) is 0 Å². The fourth-order valence-corrected chi connectivity index (χ4v) is 1.45. The van der Waals surface area contributed by atoms with E-state index in [1.807, 2.05) is 20.8 Å². The molecular weight excluding hydrogens is 264 g/mol. The summed E-state index contributed by atoms with van der Waals surface area (Å²) in [6.07, 6.45) is 5.18. The molecule has 1 aromatic rings. The normalized spacial score (nSPS) is 12.9. The highest BCUT2D eigenvalue weighted by atomic mass is 32.1. The van der Waals surface area contributed by atoms with Crippen molar-refractivity contribution in [2.45, 2.75) is 38.8 Å². The number of hydrogen-bond acceptors (Lipinski definition) is 5. The fourth-order valence-electron chi connectivity index (χ4n) is 1.39. The molecule has 0 bridgehead atoms. The van der Waals surface area contributed by atoms with Gasteiger partial charge in [-0.25, -0.2) is 4.79 Å². The van der Waals surface area contributed by atoms with Gasteiger partial charge < -0.3 is 10.4 Å². The highest BCUT2D eigenvalue weighted by molar-refractivity contribution is 7.78. The summed E-state index contributed by atoms with van der Waals surface area (Å²) in [4.78, 5) is 20.0. The van der Waals surface area contributed by atoms with E-state index in [2.05, 4.69) is 28.1 Å². The van der Waals surface area contributed by atoms with E-state index in [0.29, 0.717) is 12.1 Å². The summed E-state index contributed by atoms with van der Waals surface area (Å²) in [7, 11) is 0. The summed E-state index contributed by atoms with van der Waals surface area (Å²) in [5.41, 5.74) is 0.308. The average Bonchev–Trinajstić information content (AvgIpc) is 2.37. The van der Waals surface area contributed by atoms with Crippen LogP contribution in [0.1, 0.15) is 26.5 Å². The molecule has 1 aromatic heterocycles. The zero-order valence-corrected chi connectivity index (χ0v) is 12.3. The Bertz CT molecular complexity index is 408. The molecule has 0 aliphatic rings. The summed E-state index contributed by atoms with van der Waals surface area (Å²) >= 11 is 4.16. The van der Waals surface area contributed by atoms with Crippen molar-refractivity contribution in [2.75, 3.05) is 6.61 Å². The molecule has 7 heteroatoms. The van der Waals surface area contributed by atoms with Crippen molar-refractivity contribution in [3.8, 4) is 0 Å². The van der Waals surface area contributed by atoms with Crippen LogP contribution < -0.4 is 5.32 Å². The van der Waals surface area contributed by atoms with Gasteiger partial charge in [-0.2, -0.15) is 0 Å². The summed E-state index contributed by atoms with van der Waals surface area (Å²) in [5, 5.41) is 12.0. The van der Waals surface area contributed by atoms with Crippen molar-refractivity contribution in [1.82, 2.24) is 19.6 Å². The Morgan fingerprint density at radius 2 is 2.21 bits per heavy atom. The third-order valence-corrected chi connectivity index (χ3v) is 3.23. The van der Waals surface area contributed by atoms with Gasteiger partial charge in [-0.05, 0) is 20.8 Å². The van der Waals surface area contributed by atoms with Crippen molar-refractivity contribution >= 4 is 18.8 Å². The minimum Gasteiger partial charge on any atom is -0.394 e. The Morgan fingerprint density at radius 3 is 2.68 bits per heavy atom. The van der Waals surface area contributed by atoms with E-state index in [1.54, 1.807) is 18.6 Å². The number of carbonyl (C=O) groups is 1. The second-order valence-corrected chi connectivity index (χ2v) is 5.61. The van der Waals surface area contributed by atoms with Crippen molar-refractivity contribution in [2.24, 2.45) is 0 Å². The van der Waals surface area contributed by atoms with Crippen LogP contribution in [0.4, 0.5) is 4.79 Å². The summed E-state index contributed by atoms with van der Waals surface area (Å²) < 4.78 is 1.30. The van der Waals surface area contributed by atoms with E-state index >= 15 is 0 Å². The smallest absolute Gasteiger partial charge is 0.328 e. The van der Waals surface area contributed by atoms with Crippen molar-refractivity contribution in [3.05, 3.63) is 24.3 Å². The van der Waals surface area contributed by atoms with Gasteiger partial charge in [-0.15, -0.1) is 0 Å². The molecule has 1 rings (SSSR count). The topological polar surface area (TPSA) is 78.4 Å². The van der Waals surface area contributed by atoms with Crippen LogP contribution in [0.3, 0.4) is 0 Å². The molecule has 106 valence electrons. The third-order valence-electron chi connectivity index (χ3n) is 2.45. The quantitative estimate of drug-likeness (QED) is 0.722. The minimum atomic E-state index is -0.416. The monoisotopic (exact) mass is 284 g/mol. The molecule has 0 aromatic carbocycles. The second kappa shape index (κ2) is 6.72. The summed E-state index contributed by atoms with van der Waals surface area (Å²) in [5.74, 6) is 0. The largest absolute Gasteiger partial charge is 0.394 e. The molecule has 19 heavy (non-hydrogen) atoms. The van der Waals surface area contributed by atoms with Gasteiger partial charge in [0.05, 0.1) is 18.3 Å². The zero-order valence-electron chi connectivity index (χ0n) is 11.4. The van der Waals surface area contributed by atoms with Crippen LogP contribution in [0.2, 0.25) is 0 Å². The Balaban J connectivity index is 2.60. The first-order chi connectivity index (χ1) is 8.84. The van der Waals surface area contributed by atoms with Gasteiger partial charge in [0.1, 0.15) is 0 Å². The molecule has 0 spiro atoms. The number of aliphatic hydroxyl groups excluding tert-OH is 1. The van der Waals surface area contributed by atoms with E-state index in [9.17, 15) is 9.90 Å². The lowest BCUT2D eigenvalue weighted by atomic mass is 10.1. The fraction of sp³-hybridized carbons (Fsp3) is 0.583. The molecule has 0 saturated carbocycles. The van der Waals surface area contributed by atoms with Crippen LogP contribution in [0.15, 0.2) is 18.6 Å². The summed E-state index contributed by atoms with van der Waals surface area (Å²) in [6.45, 7) is 5.44. The Hall–Kier alpha value is -1.34. The van der Waals surface area contributed by atoms with Crippen molar-refractivity contribution < 1.29 is 9.90 Å². The van der Waals surface area contributed by atoms with Crippen LogP contribution in [0.5, 0.6) is 0 Å². The molecule has 0 radical (unpaired) electrons. The lowest BCUT2D eigenvalue weighted by molar-refractivity contribution is 0.186.